The molecule has 4 aromatic rings. The van der Waals surface area contributed by atoms with Gasteiger partial charge in [0.1, 0.15) is 11.5 Å². The minimum atomic E-state index is -0.0683. The number of rotatable bonds is 5. The van der Waals surface area contributed by atoms with Crippen LogP contribution in [0.2, 0.25) is 5.02 Å². The molecule has 3 aromatic carbocycles. The van der Waals surface area contributed by atoms with Crippen molar-refractivity contribution in [3.63, 3.8) is 0 Å². The molecule has 1 heterocycles. The molecule has 0 aliphatic heterocycles. The number of phenolic OH excluding ortho intramolecular Hbond substituents is 1. The van der Waals surface area contributed by atoms with Gasteiger partial charge in [-0.05, 0) is 66.6 Å². The predicted octanol–water partition coefficient (Wildman–Crippen LogP) is 6.99. The molecule has 0 spiro atoms. The molecule has 5 heteroatoms. The highest BCUT2D eigenvalue weighted by Gasteiger charge is 2.22. The first-order chi connectivity index (χ1) is 14.0. The van der Waals surface area contributed by atoms with E-state index in [1.54, 1.807) is 30.3 Å². The van der Waals surface area contributed by atoms with Crippen LogP contribution in [0.3, 0.4) is 0 Å². The highest BCUT2D eigenvalue weighted by Crippen LogP contribution is 2.42. The van der Waals surface area contributed by atoms with Gasteiger partial charge in [-0.2, -0.15) is 0 Å². The van der Waals surface area contributed by atoms with E-state index >= 15 is 0 Å². The number of fused-ring (bicyclic) bond motifs is 1. The minimum absolute atomic E-state index is 0.0683. The molecular weight excluding hydrogens is 404 g/mol. The Hall–Kier alpha value is -3.08. The van der Waals surface area contributed by atoms with Crippen molar-refractivity contribution >= 4 is 38.8 Å². The molecule has 0 atom stereocenters. The van der Waals surface area contributed by atoms with Crippen LogP contribution in [-0.2, 0) is 0 Å². The number of benzene rings is 3. The van der Waals surface area contributed by atoms with Crippen LogP contribution in [0.4, 0.5) is 0 Å². The zero-order valence-corrected chi connectivity index (χ0v) is 17.2. The summed E-state index contributed by atoms with van der Waals surface area (Å²) in [5, 5.41) is 11.4. The van der Waals surface area contributed by atoms with Crippen molar-refractivity contribution in [2.24, 2.45) is 0 Å². The van der Waals surface area contributed by atoms with E-state index in [0.29, 0.717) is 21.2 Å². The molecule has 0 fully saturated rings. The van der Waals surface area contributed by atoms with Gasteiger partial charge in [0.15, 0.2) is 0 Å². The summed E-state index contributed by atoms with van der Waals surface area (Å²) >= 11 is 7.43. The van der Waals surface area contributed by atoms with E-state index in [1.807, 2.05) is 37.3 Å². The maximum Gasteiger partial charge on any atom is 0.203 e. The van der Waals surface area contributed by atoms with E-state index < -0.39 is 0 Å². The molecule has 0 radical (unpaired) electrons. The van der Waals surface area contributed by atoms with E-state index in [2.05, 4.69) is 6.58 Å². The average molecular weight is 421 g/mol. The number of thiophene rings is 1. The second-order valence-corrected chi connectivity index (χ2v) is 8.07. The van der Waals surface area contributed by atoms with Gasteiger partial charge >= 0.3 is 0 Å². The lowest BCUT2D eigenvalue weighted by atomic mass is 9.96. The predicted molar refractivity (Wildman–Crippen MR) is 119 cm³/mol. The van der Waals surface area contributed by atoms with E-state index in [0.717, 1.165) is 26.8 Å². The van der Waals surface area contributed by atoms with E-state index in [4.69, 9.17) is 16.3 Å². The summed E-state index contributed by atoms with van der Waals surface area (Å²) in [6.45, 7) is 5.44. The lowest BCUT2D eigenvalue weighted by Crippen LogP contribution is -2.03. The first-order valence-electron chi connectivity index (χ1n) is 8.92. The molecule has 29 heavy (non-hydrogen) atoms. The second kappa shape index (κ2) is 7.74. The molecule has 0 saturated carbocycles. The van der Waals surface area contributed by atoms with Crippen molar-refractivity contribution in [3.8, 4) is 22.6 Å². The van der Waals surface area contributed by atoms with E-state index in [-0.39, 0.29) is 11.5 Å². The number of ether oxygens (including phenoxy) is 1. The Morgan fingerprint density at radius 1 is 1.10 bits per heavy atom. The summed E-state index contributed by atoms with van der Waals surface area (Å²) in [5.74, 6) is 0.769. The number of phenols is 1. The number of aryl methyl sites for hydroxylation is 1. The molecule has 144 valence electrons. The highest BCUT2D eigenvalue weighted by molar-refractivity contribution is 7.21. The van der Waals surface area contributed by atoms with Crippen molar-refractivity contribution in [3.05, 3.63) is 94.5 Å². The Labute approximate surface area is 177 Å². The first-order valence-corrected chi connectivity index (χ1v) is 10.1. The van der Waals surface area contributed by atoms with Crippen LogP contribution in [0.1, 0.15) is 20.8 Å². The molecule has 0 unspecified atom stereocenters. The zero-order chi connectivity index (χ0) is 20.5. The number of aromatic hydroxyl groups is 1. The fraction of sp³-hybridized carbons (Fsp3) is 0.0417. The van der Waals surface area contributed by atoms with Gasteiger partial charge in [0.05, 0.1) is 11.1 Å². The Morgan fingerprint density at radius 2 is 1.86 bits per heavy atom. The number of hydrogen-bond acceptors (Lipinski definition) is 4. The van der Waals surface area contributed by atoms with Crippen molar-refractivity contribution < 1.29 is 14.6 Å². The van der Waals surface area contributed by atoms with Crippen molar-refractivity contribution in [1.29, 1.82) is 0 Å². The minimum Gasteiger partial charge on any atom is -0.508 e. The van der Waals surface area contributed by atoms with Crippen LogP contribution in [-0.4, -0.2) is 10.9 Å². The summed E-state index contributed by atoms with van der Waals surface area (Å²) < 4.78 is 6.16. The van der Waals surface area contributed by atoms with Gasteiger partial charge < -0.3 is 9.84 Å². The molecule has 0 bridgehead atoms. The summed E-state index contributed by atoms with van der Waals surface area (Å²) in [5.41, 5.74) is 3.17. The molecule has 0 aliphatic rings. The summed E-state index contributed by atoms with van der Waals surface area (Å²) in [6.07, 6.45) is 1.37. The van der Waals surface area contributed by atoms with Crippen LogP contribution in [0.25, 0.3) is 21.2 Å². The van der Waals surface area contributed by atoms with Crippen molar-refractivity contribution in [2.45, 2.75) is 6.92 Å². The Kier molecular flexibility index (Phi) is 5.14. The third-order valence-corrected chi connectivity index (χ3v) is 6.06. The Morgan fingerprint density at radius 3 is 2.55 bits per heavy atom. The van der Waals surface area contributed by atoms with Crippen LogP contribution in [0.5, 0.6) is 11.5 Å². The fourth-order valence-corrected chi connectivity index (χ4v) is 4.77. The van der Waals surface area contributed by atoms with Crippen LogP contribution in [0.15, 0.2) is 73.5 Å². The maximum absolute atomic E-state index is 13.5. The van der Waals surface area contributed by atoms with Gasteiger partial charge in [-0.15, -0.1) is 11.3 Å². The Bertz CT molecular complexity index is 1240. The van der Waals surface area contributed by atoms with Crippen LogP contribution >= 0.6 is 22.9 Å². The molecule has 1 aromatic heterocycles. The zero-order valence-electron chi connectivity index (χ0n) is 15.6. The van der Waals surface area contributed by atoms with Crippen molar-refractivity contribution in [2.75, 3.05) is 0 Å². The number of halogens is 1. The number of carbonyl (C=O) groups is 1. The highest BCUT2D eigenvalue weighted by atomic mass is 35.5. The SMILES string of the molecule is C=COc1ccc(-c2c(C(=O)c3ccc(Cl)cc3C)sc3cc(O)ccc23)cc1. The maximum atomic E-state index is 13.5. The molecule has 0 amide bonds. The topological polar surface area (TPSA) is 46.5 Å². The van der Waals surface area contributed by atoms with Crippen LogP contribution in [0, 0.1) is 6.92 Å². The first kappa shape index (κ1) is 19.2. The van der Waals surface area contributed by atoms with Gasteiger partial charge in [-0.1, -0.05) is 30.3 Å². The standard InChI is InChI=1S/C24H17ClO3S/c1-3-28-18-8-4-15(5-9-18)22-20-11-7-17(26)13-21(20)29-24(22)23(27)19-10-6-16(25)12-14(19)2/h3-13,26H,1H2,2H3. The summed E-state index contributed by atoms with van der Waals surface area (Å²) in [4.78, 5) is 14.1. The normalized spacial score (nSPS) is 10.8. The van der Waals surface area contributed by atoms with Gasteiger partial charge in [-0.25, -0.2) is 0 Å². The third-order valence-electron chi connectivity index (χ3n) is 4.68. The average Bonchev–Trinajstić information content (AvgIpc) is 3.07. The molecule has 3 nitrogen and oxygen atoms in total. The van der Waals surface area contributed by atoms with Gasteiger partial charge in [-0.3, -0.25) is 4.79 Å². The summed E-state index contributed by atoms with van der Waals surface area (Å²) in [7, 11) is 0. The number of ketones is 1. The fourth-order valence-electron chi connectivity index (χ4n) is 3.33. The van der Waals surface area contributed by atoms with Crippen molar-refractivity contribution in [1.82, 2.24) is 0 Å². The number of hydrogen-bond donors (Lipinski definition) is 1. The monoisotopic (exact) mass is 420 g/mol. The molecular formula is C24H17ClO3S. The van der Waals surface area contributed by atoms with Crippen LogP contribution < -0.4 is 4.74 Å². The summed E-state index contributed by atoms with van der Waals surface area (Å²) in [6, 6.07) is 17.9. The van der Waals surface area contributed by atoms with Gasteiger partial charge in [0, 0.05) is 26.2 Å². The molecule has 4 rings (SSSR count). The second-order valence-electron chi connectivity index (χ2n) is 6.58. The quantitative estimate of drug-likeness (QED) is 0.279. The van der Waals surface area contributed by atoms with Gasteiger partial charge in [0.2, 0.25) is 5.78 Å². The lowest BCUT2D eigenvalue weighted by molar-refractivity contribution is 0.104. The van der Waals surface area contributed by atoms with Gasteiger partial charge in [0.25, 0.3) is 0 Å². The third kappa shape index (κ3) is 3.65. The lowest BCUT2D eigenvalue weighted by Gasteiger charge is -2.08. The smallest absolute Gasteiger partial charge is 0.203 e. The molecule has 1 N–H and O–H groups in total. The van der Waals surface area contributed by atoms with E-state index in [1.165, 1.54) is 17.6 Å². The number of carbonyl (C=O) groups excluding carboxylic acids is 1. The van der Waals surface area contributed by atoms with E-state index in [9.17, 15) is 9.90 Å². The molecule has 0 saturated heterocycles. The Balaban J connectivity index is 1.92. The largest absolute Gasteiger partial charge is 0.508 e. The molecule has 0 aliphatic carbocycles.